The van der Waals surface area contributed by atoms with E-state index in [1.807, 2.05) is 6.07 Å². The Hall–Kier alpha value is -3.27. The lowest BCUT2D eigenvalue weighted by molar-refractivity contribution is 0.0807. The van der Waals surface area contributed by atoms with Gasteiger partial charge in [0.05, 0.1) is 12.7 Å². The van der Waals surface area contributed by atoms with Gasteiger partial charge in [-0.25, -0.2) is 0 Å². The van der Waals surface area contributed by atoms with Gasteiger partial charge in [-0.05, 0) is 44.4 Å². The largest absolute Gasteiger partial charge is 0.494 e. The smallest absolute Gasteiger partial charge is 0.271 e. The molecule has 0 saturated heterocycles. The van der Waals surface area contributed by atoms with E-state index >= 15 is 0 Å². The van der Waals surface area contributed by atoms with Crippen molar-refractivity contribution in [2.24, 2.45) is 0 Å². The van der Waals surface area contributed by atoms with E-state index in [0.29, 0.717) is 11.5 Å². The number of hydrogen-bond acceptors (Lipinski definition) is 6. The van der Waals surface area contributed by atoms with E-state index in [2.05, 4.69) is 0 Å². The average Bonchev–Trinajstić information content (AvgIpc) is 2.75. The predicted molar refractivity (Wildman–Crippen MR) is 111 cm³/mol. The Morgan fingerprint density at radius 3 is 2.47 bits per heavy atom. The molecule has 7 heteroatoms. The standard InChI is InChI=1S/C23H26N2O5/c1-14-17(13-24)22(27)25(16-9-5-4-6-10-16)23(28)20(14)21(26)15(2)30-19-12-8-7-11-18(19)29-3/h7-8,11-12,15-16,28H,4-6,9-10H2,1-3H3. The fourth-order valence-electron chi connectivity index (χ4n) is 4.06. The number of benzene rings is 1. The summed E-state index contributed by atoms with van der Waals surface area (Å²) < 4.78 is 12.3. The first kappa shape index (κ1) is 21.4. The Balaban J connectivity index is 2.04. The number of Topliss-reactive ketones (excluding diaryl/α,β-unsaturated/α-hetero) is 1. The number of carbonyl (C=O) groups is 1. The monoisotopic (exact) mass is 410 g/mol. The Labute approximate surface area is 175 Å². The van der Waals surface area contributed by atoms with E-state index in [1.54, 1.807) is 31.2 Å². The van der Waals surface area contributed by atoms with Crippen molar-refractivity contribution in [1.82, 2.24) is 4.57 Å². The molecule has 0 spiro atoms. The van der Waals surface area contributed by atoms with E-state index in [-0.39, 0.29) is 28.6 Å². The third kappa shape index (κ3) is 3.90. The summed E-state index contributed by atoms with van der Waals surface area (Å²) >= 11 is 0. The lowest BCUT2D eigenvalue weighted by atomic mass is 9.93. The Morgan fingerprint density at radius 1 is 1.23 bits per heavy atom. The van der Waals surface area contributed by atoms with Crippen molar-refractivity contribution in [2.75, 3.05) is 7.11 Å². The lowest BCUT2D eigenvalue weighted by Gasteiger charge is -2.27. The van der Waals surface area contributed by atoms with Gasteiger partial charge in [-0.3, -0.25) is 14.2 Å². The van der Waals surface area contributed by atoms with Crippen molar-refractivity contribution in [1.29, 1.82) is 5.26 Å². The third-order valence-electron chi connectivity index (χ3n) is 5.67. The van der Waals surface area contributed by atoms with Crippen LogP contribution >= 0.6 is 0 Å². The number of rotatable bonds is 6. The van der Waals surface area contributed by atoms with Crippen LogP contribution in [0.25, 0.3) is 0 Å². The first-order valence-corrected chi connectivity index (χ1v) is 10.1. The number of ketones is 1. The van der Waals surface area contributed by atoms with Gasteiger partial charge in [-0.2, -0.15) is 5.26 Å². The molecule has 158 valence electrons. The highest BCUT2D eigenvalue weighted by Gasteiger charge is 2.31. The molecule has 3 rings (SSSR count). The molecule has 30 heavy (non-hydrogen) atoms. The third-order valence-corrected chi connectivity index (χ3v) is 5.67. The maximum atomic E-state index is 13.3. The molecule has 1 fully saturated rings. The molecule has 1 aromatic carbocycles. The number of nitriles is 1. The molecule has 1 N–H and O–H groups in total. The van der Waals surface area contributed by atoms with Gasteiger partial charge < -0.3 is 14.6 Å². The van der Waals surface area contributed by atoms with E-state index < -0.39 is 17.4 Å². The van der Waals surface area contributed by atoms with Crippen molar-refractivity contribution in [2.45, 2.75) is 58.1 Å². The van der Waals surface area contributed by atoms with E-state index in [0.717, 1.165) is 32.1 Å². The van der Waals surface area contributed by atoms with Crippen molar-refractivity contribution < 1.29 is 19.4 Å². The SMILES string of the molecule is COc1ccccc1OC(C)C(=O)c1c(C)c(C#N)c(=O)n(C2CCCCC2)c1O. The number of ether oxygens (including phenoxy) is 2. The summed E-state index contributed by atoms with van der Waals surface area (Å²) in [5.41, 5.74) is -0.535. The lowest BCUT2D eigenvalue weighted by Crippen LogP contribution is -2.33. The quantitative estimate of drug-likeness (QED) is 0.725. The summed E-state index contributed by atoms with van der Waals surface area (Å²) in [5, 5.41) is 20.5. The van der Waals surface area contributed by atoms with Gasteiger partial charge in [0, 0.05) is 6.04 Å². The van der Waals surface area contributed by atoms with E-state index in [4.69, 9.17) is 9.47 Å². The summed E-state index contributed by atoms with van der Waals surface area (Å²) in [6.07, 6.45) is 3.42. The van der Waals surface area contributed by atoms with Crippen LogP contribution in [-0.2, 0) is 0 Å². The molecule has 0 amide bonds. The molecule has 1 saturated carbocycles. The summed E-state index contributed by atoms with van der Waals surface area (Å²) in [6.45, 7) is 3.07. The second kappa shape index (κ2) is 9.04. The summed E-state index contributed by atoms with van der Waals surface area (Å²) in [7, 11) is 1.50. The van der Waals surface area contributed by atoms with Crippen molar-refractivity contribution in [3.05, 3.63) is 51.3 Å². The fraction of sp³-hybridized carbons (Fsp3) is 0.435. The van der Waals surface area contributed by atoms with Gasteiger partial charge in [0.25, 0.3) is 5.56 Å². The molecule has 7 nitrogen and oxygen atoms in total. The van der Waals surface area contributed by atoms with Crippen LogP contribution in [0, 0.1) is 18.3 Å². The zero-order valence-electron chi connectivity index (χ0n) is 17.5. The molecule has 0 bridgehead atoms. The predicted octanol–water partition coefficient (Wildman–Crippen LogP) is 3.90. The van der Waals surface area contributed by atoms with Crippen molar-refractivity contribution >= 4 is 5.78 Å². The van der Waals surface area contributed by atoms with Gasteiger partial charge in [-0.15, -0.1) is 0 Å². The Bertz CT molecular complexity index is 1040. The van der Waals surface area contributed by atoms with Crippen LogP contribution in [0.3, 0.4) is 0 Å². The number of pyridine rings is 1. The zero-order chi connectivity index (χ0) is 21.8. The number of methoxy groups -OCH3 is 1. The summed E-state index contributed by atoms with van der Waals surface area (Å²) in [5.74, 6) is -0.0251. The highest BCUT2D eigenvalue weighted by Crippen LogP contribution is 2.34. The molecule has 1 heterocycles. The van der Waals surface area contributed by atoms with Crippen LogP contribution in [0.1, 0.15) is 66.6 Å². The zero-order valence-corrected chi connectivity index (χ0v) is 17.5. The minimum absolute atomic E-state index is 0.0425. The summed E-state index contributed by atoms with van der Waals surface area (Å²) in [6, 6.07) is 8.63. The van der Waals surface area contributed by atoms with Gasteiger partial charge in [0.15, 0.2) is 17.6 Å². The average molecular weight is 410 g/mol. The van der Waals surface area contributed by atoms with Crippen LogP contribution < -0.4 is 15.0 Å². The van der Waals surface area contributed by atoms with Crippen LogP contribution in [0.15, 0.2) is 29.1 Å². The maximum Gasteiger partial charge on any atom is 0.271 e. The molecular weight excluding hydrogens is 384 g/mol. The number of carbonyl (C=O) groups excluding carboxylic acids is 1. The van der Waals surface area contributed by atoms with Crippen LogP contribution in [0.2, 0.25) is 0 Å². The number of aromatic hydroxyl groups is 1. The van der Waals surface area contributed by atoms with Gasteiger partial charge >= 0.3 is 0 Å². The minimum Gasteiger partial charge on any atom is -0.494 e. The van der Waals surface area contributed by atoms with Crippen LogP contribution in [0.4, 0.5) is 0 Å². The second-order valence-electron chi connectivity index (χ2n) is 7.55. The molecule has 0 radical (unpaired) electrons. The fourth-order valence-corrected chi connectivity index (χ4v) is 4.06. The maximum absolute atomic E-state index is 13.3. The van der Waals surface area contributed by atoms with E-state index in [9.17, 15) is 20.0 Å². The van der Waals surface area contributed by atoms with Crippen LogP contribution in [-0.4, -0.2) is 28.7 Å². The van der Waals surface area contributed by atoms with E-state index in [1.165, 1.54) is 18.6 Å². The number of nitrogens with zero attached hydrogens (tertiary/aromatic N) is 2. The Morgan fingerprint density at radius 2 is 1.87 bits per heavy atom. The molecular formula is C23H26N2O5. The highest BCUT2D eigenvalue weighted by molar-refractivity contribution is 6.03. The molecule has 1 aromatic heterocycles. The highest BCUT2D eigenvalue weighted by atomic mass is 16.5. The van der Waals surface area contributed by atoms with Crippen molar-refractivity contribution in [3.63, 3.8) is 0 Å². The van der Waals surface area contributed by atoms with Gasteiger partial charge in [0.2, 0.25) is 11.7 Å². The normalized spacial score (nSPS) is 15.3. The first-order valence-electron chi connectivity index (χ1n) is 10.1. The number of aromatic nitrogens is 1. The molecule has 1 atom stereocenters. The van der Waals surface area contributed by atoms with Gasteiger partial charge in [-0.1, -0.05) is 31.4 Å². The Kier molecular flexibility index (Phi) is 6.46. The summed E-state index contributed by atoms with van der Waals surface area (Å²) in [4.78, 5) is 26.1. The van der Waals surface area contributed by atoms with Gasteiger partial charge in [0.1, 0.15) is 11.6 Å². The van der Waals surface area contributed by atoms with Crippen molar-refractivity contribution in [3.8, 4) is 23.4 Å². The minimum atomic E-state index is -0.963. The topological polar surface area (TPSA) is 102 Å². The first-order chi connectivity index (χ1) is 14.4. The molecule has 1 aliphatic rings. The number of hydrogen-bond donors (Lipinski definition) is 1. The van der Waals surface area contributed by atoms with Crippen LogP contribution in [0.5, 0.6) is 17.4 Å². The molecule has 1 aliphatic carbocycles. The second-order valence-corrected chi connectivity index (χ2v) is 7.55. The molecule has 0 aliphatic heterocycles. The molecule has 2 aromatic rings. The number of para-hydroxylation sites is 2. The molecule has 1 unspecified atom stereocenters.